The Morgan fingerprint density at radius 3 is 2.92 bits per heavy atom. The minimum absolute atomic E-state index is 0.762. The number of hydrogen-bond acceptors (Lipinski definition) is 1. The molecule has 0 radical (unpaired) electrons. The van der Waals surface area contributed by atoms with Crippen molar-refractivity contribution >= 4 is 6.08 Å². The zero-order valence-corrected chi connectivity index (χ0v) is 6.90. The van der Waals surface area contributed by atoms with Crippen molar-refractivity contribution in [3.8, 4) is 0 Å². The Balaban J connectivity index is 2.79. The molecule has 1 N–H and O–H groups in total. The summed E-state index contributed by atoms with van der Waals surface area (Å²) in [5, 5.41) is 8.45. The third-order valence-electron chi connectivity index (χ3n) is 1.65. The first-order valence-electron chi connectivity index (χ1n) is 3.87. The van der Waals surface area contributed by atoms with E-state index in [0.29, 0.717) is 0 Å². The maximum absolute atomic E-state index is 8.45. The van der Waals surface area contributed by atoms with E-state index >= 15 is 0 Å². The van der Waals surface area contributed by atoms with Gasteiger partial charge < -0.3 is 5.11 Å². The summed E-state index contributed by atoms with van der Waals surface area (Å²) < 4.78 is 0. The maximum Gasteiger partial charge on any atom is 0.0755 e. The van der Waals surface area contributed by atoms with E-state index in [1.165, 1.54) is 5.56 Å². The first kappa shape index (κ1) is 8.60. The molecule has 0 atom stereocenters. The number of allylic oxidation sites excluding steroid dienone is 1. The van der Waals surface area contributed by atoms with E-state index in [1.807, 2.05) is 30.3 Å². The lowest BCUT2D eigenvalue weighted by molar-refractivity contribution is 0.471. The summed E-state index contributed by atoms with van der Waals surface area (Å²) in [6.07, 6.45) is 5.35. The normalized spacial score (nSPS) is 10.3. The lowest BCUT2D eigenvalue weighted by Gasteiger charge is -1.97. The summed E-state index contributed by atoms with van der Waals surface area (Å²) in [5.41, 5.74) is 2.29. The Hall–Kier alpha value is -1.50. The molecule has 0 fully saturated rings. The Labute approximate surface area is 72.7 Å². The third-order valence-corrected chi connectivity index (χ3v) is 1.65. The minimum Gasteiger partial charge on any atom is -0.516 e. The number of hydrogen-bond donors (Lipinski definition) is 1. The van der Waals surface area contributed by atoms with Crippen molar-refractivity contribution in [2.45, 2.75) is 6.42 Å². The van der Waals surface area contributed by atoms with E-state index in [0.717, 1.165) is 18.2 Å². The summed E-state index contributed by atoms with van der Waals surface area (Å²) in [6.45, 7) is 3.68. The van der Waals surface area contributed by atoms with E-state index in [2.05, 4.69) is 6.58 Å². The Morgan fingerprint density at radius 2 is 2.25 bits per heavy atom. The molecule has 0 saturated carbocycles. The van der Waals surface area contributed by atoms with Gasteiger partial charge in [-0.2, -0.15) is 0 Å². The largest absolute Gasteiger partial charge is 0.516 e. The first-order valence-corrected chi connectivity index (χ1v) is 3.87. The number of aliphatic hydroxyl groups excluding tert-OH is 1. The van der Waals surface area contributed by atoms with Gasteiger partial charge in [-0.05, 0) is 23.6 Å². The van der Waals surface area contributed by atoms with Crippen molar-refractivity contribution in [1.82, 2.24) is 0 Å². The highest BCUT2D eigenvalue weighted by Crippen LogP contribution is 2.07. The van der Waals surface area contributed by atoms with Gasteiger partial charge in [0.05, 0.1) is 6.26 Å². The van der Waals surface area contributed by atoms with Crippen LogP contribution in [0, 0.1) is 0 Å². The molecule has 0 aromatic heterocycles. The van der Waals surface area contributed by atoms with Crippen molar-refractivity contribution < 1.29 is 5.11 Å². The minimum atomic E-state index is 0.762. The van der Waals surface area contributed by atoms with Gasteiger partial charge in [-0.1, -0.05) is 36.9 Å². The fraction of sp³-hybridized carbons (Fsp3) is 0.0909. The number of rotatable bonds is 3. The van der Waals surface area contributed by atoms with Gasteiger partial charge in [-0.15, -0.1) is 0 Å². The number of benzene rings is 1. The van der Waals surface area contributed by atoms with Crippen LogP contribution in [0.1, 0.15) is 11.1 Å². The topological polar surface area (TPSA) is 20.2 Å². The van der Waals surface area contributed by atoms with Gasteiger partial charge >= 0.3 is 0 Å². The summed E-state index contributed by atoms with van der Waals surface area (Å²) in [5.74, 6) is 0. The average Bonchev–Trinajstić information content (AvgIpc) is 2.15. The van der Waals surface area contributed by atoms with Crippen molar-refractivity contribution in [2.24, 2.45) is 0 Å². The van der Waals surface area contributed by atoms with Crippen molar-refractivity contribution in [2.75, 3.05) is 0 Å². The second-order valence-electron chi connectivity index (χ2n) is 2.54. The molecular formula is C11H12O. The summed E-state index contributed by atoms with van der Waals surface area (Å²) in [7, 11) is 0. The van der Waals surface area contributed by atoms with Gasteiger partial charge in [0.25, 0.3) is 0 Å². The standard InChI is InChI=1S/C11H12O/c1-2-10-5-3-6-11(9-10)7-4-8-12/h2-6,8-9,12H,1,7H2. The number of aliphatic hydroxyl groups is 1. The van der Waals surface area contributed by atoms with Crippen LogP contribution in [0.4, 0.5) is 0 Å². The molecule has 0 amide bonds. The van der Waals surface area contributed by atoms with Crippen molar-refractivity contribution in [1.29, 1.82) is 0 Å². The Bertz CT molecular complexity index is 287. The van der Waals surface area contributed by atoms with Gasteiger partial charge in [0.2, 0.25) is 0 Å². The van der Waals surface area contributed by atoms with Crippen molar-refractivity contribution in [3.63, 3.8) is 0 Å². The second-order valence-corrected chi connectivity index (χ2v) is 2.54. The van der Waals surface area contributed by atoms with Crippen LogP contribution in [-0.4, -0.2) is 5.11 Å². The van der Waals surface area contributed by atoms with Crippen molar-refractivity contribution in [3.05, 3.63) is 54.3 Å². The van der Waals surface area contributed by atoms with E-state index in [1.54, 1.807) is 6.08 Å². The van der Waals surface area contributed by atoms with Crippen LogP contribution in [0.2, 0.25) is 0 Å². The van der Waals surface area contributed by atoms with Gasteiger partial charge in [-0.3, -0.25) is 0 Å². The second kappa shape index (κ2) is 4.39. The summed E-state index contributed by atoms with van der Waals surface area (Å²) in [6, 6.07) is 8.05. The molecule has 0 bridgehead atoms. The molecule has 0 aliphatic heterocycles. The van der Waals surface area contributed by atoms with Crippen LogP contribution in [0.5, 0.6) is 0 Å². The van der Waals surface area contributed by atoms with Gasteiger partial charge in [0.1, 0.15) is 0 Å². The highest BCUT2D eigenvalue weighted by Gasteiger charge is 1.89. The zero-order valence-electron chi connectivity index (χ0n) is 6.90. The molecule has 0 aliphatic rings. The van der Waals surface area contributed by atoms with Crippen LogP contribution < -0.4 is 0 Å². The monoisotopic (exact) mass is 160 g/mol. The highest BCUT2D eigenvalue weighted by atomic mass is 16.2. The van der Waals surface area contributed by atoms with E-state index in [-0.39, 0.29) is 0 Å². The Morgan fingerprint density at radius 1 is 1.42 bits per heavy atom. The molecule has 1 aromatic carbocycles. The molecule has 0 saturated heterocycles. The molecule has 0 heterocycles. The smallest absolute Gasteiger partial charge is 0.0755 e. The third kappa shape index (κ3) is 2.27. The highest BCUT2D eigenvalue weighted by molar-refractivity contribution is 5.48. The summed E-state index contributed by atoms with van der Waals surface area (Å²) in [4.78, 5) is 0. The quantitative estimate of drug-likeness (QED) is 0.674. The molecule has 0 aliphatic carbocycles. The molecule has 1 nitrogen and oxygen atoms in total. The van der Waals surface area contributed by atoms with Crippen LogP contribution in [0.15, 0.2) is 43.2 Å². The fourth-order valence-corrected chi connectivity index (χ4v) is 1.04. The zero-order chi connectivity index (χ0) is 8.81. The molecule has 1 heteroatoms. The molecule has 12 heavy (non-hydrogen) atoms. The maximum atomic E-state index is 8.45. The molecule has 0 spiro atoms. The van der Waals surface area contributed by atoms with Gasteiger partial charge in [0.15, 0.2) is 0 Å². The van der Waals surface area contributed by atoms with Crippen LogP contribution in [0.3, 0.4) is 0 Å². The lowest BCUT2D eigenvalue weighted by atomic mass is 10.1. The Kier molecular flexibility index (Phi) is 3.15. The predicted octanol–water partition coefficient (Wildman–Crippen LogP) is 2.94. The van der Waals surface area contributed by atoms with Gasteiger partial charge in [0, 0.05) is 0 Å². The van der Waals surface area contributed by atoms with Crippen LogP contribution >= 0.6 is 0 Å². The SMILES string of the molecule is C=Cc1cccc(CC=CO)c1. The van der Waals surface area contributed by atoms with E-state index in [4.69, 9.17) is 5.11 Å². The van der Waals surface area contributed by atoms with Gasteiger partial charge in [-0.25, -0.2) is 0 Å². The molecular weight excluding hydrogens is 148 g/mol. The van der Waals surface area contributed by atoms with E-state index < -0.39 is 0 Å². The fourth-order valence-electron chi connectivity index (χ4n) is 1.04. The first-order chi connectivity index (χ1) is 5.86. The van der Waals surface area contributed by atoms with Crippen LogP contribution in [0.25, 0.3) is 6.08 Å². The average molecular weight is 160 g/mol. The molecule has 1 aromatic rings. The summed E-state index contributed by atoms with van der Waals surface area (Å²) >= 11 is 0. The molecule has 0 unspecified atom stereocenters. The predicted molar refractivity (Wildman–Crippen MR) is 52.0 cm³/mol. The molecule has 1 rings (SSSR count). The van der Waals surface area contributed by atoms with E-state index in [9.17, 15) is 0 Å². The van der Waals surface area contributed by atoms with Crippen LogP contribution in [-0.2, 0) is 6.42 Å². The lowest BCUT2D eigenvalue weighted by Crippen LogP contribution is -1.81. The molecule has 62 valence electrons.